The van der Waals surface area contributed by atoms with Gasteiger partial charge in [-0.1, -0.05) is 44.4 Å². The molecule has 2 aromatic rings. The second-order valence-corrected chi connectivity index (χ2v) is 7.86. The van der Waals surface area contributed by atoms with Crippen LogP contribution in [0.25, 0.3) is 10.9 Å². The molecule has 7 heteroatoms. The summed E-state index contributed by atoms with van der Waals surface area (Å²) in [5, 5.41) is 32.8. The molecule has 0 spiro atoms. The molecular weight excluding hydrogens is 362 g/mol. The summed E-state index contributed by atoms with van der Waals surface area (Å²) < 4.78 is 12.4. The van der Waals surface area contributed by atoms with Gasteiger partial charge >= 0.3 is 5.97 Å². The van der Waals surface area contributed by atoms with Gasteiger partial charge in [-0.15, -0.1) is 0 Å². The quantitative estimate of drug-likeness (QED) is 0.490. The van der Waals surface area contributed by atoms with Gasteiger partial charge in [0, 0.05) is 30.1 Å². The lowest BCUT2D eigenvalue weighted by Gasteiger charge is -2.31. The summed E-state index contributed by atoms with van der Waals surface area (Å²) >= 11 is 0. The maximum atomic E-state index is 12.4. The Kier molecular flexibility index (Phi) is 4.95. The van der Waals surface area contributed by atoms with Gasteiger partial charge in [0.05, 0.1) is 6.61 Å². The highest BCUT2D eigenvalue weighted by molar-refractivity contribution is 5.88. The lowest BCUT2D eigenvalue weighted by Crippen LogP contribution is -2.59. The van der Waals surface area contributed by atoms with Crippen LogP contribution < -0.4 is 0 Å². The monoisotopic (exact) mass is 389 g/mol. The highest BCUT2D eigenvalue weighted by Gasteiger charge is 2.73. The summed E-state index contributed by atoms with van der Waals surface area (Å²) in [6, 6.07) is 7.79. The number of aliphatic hydroxyl groups is 3. The molecule has 28 heavy (non-hydrogen) atoms. The zero-order valence-electron chi connectivity index (χ0n) is 16.0. The summed E-state index contributed by atoms with van der Waals surface area (Å²) in [4.78, 5) is 12.4. The van der Waals surface area contributed by atoms with Gasteiger partial charge in [-0.2, -0.15) is 0 Å². The first kappa shape index (κ1) is 19.4. The number of aromatic nitrogens is 1. The third-order valence-corrected chi connectivity index (χ3v) is 5.94. The smallest absolute Gasteiger partial charge is 0.344 e. The van der Waals surface area contributed by atoms with Crippen LogP contribution in [0.3, 0.4) is 0 Å². The molecule has 0 amide bonds. The Balaban J connectivity index is 1.65. The first-order valence-electron chi connectivity index (χ1n) is 9.95. The van der Waals surface area contributed by atoms with Gasteiger partial charge < -0.3 is 29.4 Å². The summed E-state index contributed by atoms with van der Waals surface area (Å²) in [6.45, 7) is 2.81. The van der Waals surface area contributed by atoms with Gasteiger partial charge in [0.2, 0.25) is 11.4 Å². The van der Waals surface area contributed by atoms with Gasteiger partial charge in [0.1, 0.15) is 6.10 Å². The normalized spacial score (nSPS) is 32.1. The van der Waals surface area contributed by atoms with Crippen molar-refractivity contribution in [3.05, 3.63) is 36.0 Å². The zero-order valence-corrected chi connectivity index (χ0v) is 16.0. The van der Waals surface area contributed by atoms with Crippen LogP contribution in [-0.2, 0) is 27.2 Å². The van der Waals surface area contributed by atoms with Crippen molar-refractivity contribution in [2.75, 3.05) is 6.61 Å². The summed E-state index contributed by atoms with van der Waals surface area (Å²) in [5.41, 5.74) is -0.531. The van der Waals surface area contributed by atoms with E-state index < -0.39 is 29.6 Å². The standard InChI is InChI=1S/C21H27NO6/c1-2-3-4-7-10-22-12-14(15-8-5-6-9-16(15)22)11-20(25)19(24)28-18-17(23)13-27-21(18,20)26/h5-6,8-9,12,17-18,23,25-26H,2-4,7,10-11,13H2,1H3/t17-,18?,20+,21-/m0/s1. The van der Waals surface area contributed by atoms with Crippen LogP contribution >= 0.6 is 0 Å². The number of carbonyl (C=O) groups is 1. The van der Waals surface area contributed by atoms with Crippen molar-refractivity contribution in [2.45, 2.75) is 69.2 Å². The molecule has 3 N–H and O–H groups in total. The summed E-state index contributed by atoms with van der Waals surface area (Å²) in [5.74, 6) is -3.23. The maximum absolute atomic E-state index is 12.4. The molecule has 1 aromatic carbocycles. The fraction of sp³-hybridized carbons (Fsp3) is 0.571. The van der Waals surface area contributed by atoms with E-state index in [9.17, 15) is 20.1 Å². The number of hydrogen-bond acceptors (Lipinski definition) is 6. The molecule has 2 fully saturated rings. The number of rotatable bonds is 7. The average Bonchev–Trinajstić information content (AvgIpc) is 3.24. The molecule has 1 aromatic heterocycles. The lowest BCUT2D eigenvalue weighted by atomic mass is 9.85. The topological polar surface area (TPSA) is 101 Å². The minimum absolute atomic E-state index is 0.159. The van der Waals surface area contributed by atoms with E-state index in [4.69, 9.17) is 9.47 Å². The molecule has 0 saturated carbocycles. The van der Waals surface area contributed by atoms with E-state index in [1.165, 1.54) is 12.8 Å². The molecule has 152 valence electrons. The van der Waals surface area contributed by atoms with Gasteiger partial charge in [-0.3, -0.25) is 0 Å². The number of esters is 1. The predicted octanol–water partition coefficient (Wildman–Crippen LogP) is 1.50. The number of ether oxygens (including phenoxy) is 2. The van der Waals surface area contributed by atoms with Gasteiger partial charge in [-0.05, 0) is 18.1 Å². The van der Waals surface area contributed by atoms with E-state index in [1.807, 2.05) is 30.5 Å². The van der Waals surface area contributed by atoms with E-state index in [0.717, 1.165) is 35.9 Å². The van der Waals surface area contributed by atoms with E-state index >= 15 is 0 Å². The van der Waals surface area contributed by atoms with E-state index in [1.54, 1.807) is 0 Å². The van der Waals surface area contributed by atoms with Crippen LogP contribution in [0, 0.1) is 0 Å². The number of hydrogen-bond donors (Lipinski definition) is 3. The van der Waals surface area contributed by atoms with E-state index in [-0.39, 0.29) is 13.0 Å². The zero-order chi connectivity index (χ0) is 19.9. The predicted molar refractivity (Wildman–Crippen MR) is 102 cm³/mol. The molecule has 4 atom stereocenters. The molecule has 4 rings (SSSR count). The van der Waals surface area contributed by atoms with Crippen molar-refractivity contribution in [1.29, 1.82) is 0 Å². The van der Waals surface area contributed by atoms with Gasteiger partial charge in [0.25, 0.3) is 0 Å². The SMILES string of the molecule is CCCCCCn1cc(C[C@@]2(O)C(=O)OC3[C@@H](O)CO[C@@]32O)c2ccccc21. The molecule has 3 heterocycles. The number of fused-ring (bicyclic) bond motifs is 2. The lowest BCUT2D eigenvalue weighted by molar-refractivity contribution is -0.262. The molecule has 0 aliphatic carbocycles. The van der Waals surface area contributed by atoms with Crippen LogP contribution in [0.15, 0.2) is 30.5 Å². The van der Waals surface area contributed by atoms with Crippen LogP contribution in [-0.4, -0.2) is 56.1 Å². The Morgan fingerprint density at radius 3 is 2.79 bits per heavy atom. The number of aliphatic hydroxyl groups excluding tert-OH is 1. The average molecular weight is 389 g/mol. The van der Waals surface area contributed by atoms with E-state index in [2.05, 4.69) is 11.5 Å². The molecule has 2 aliphatic rings. The molecule has 2 aliphatic heterocycles. The van der Waals surface area contributed by atoms with Crippen molar-refractivity contribution >= 4 is 16.9 Å². The first-order chi connectivity index (χ1) is 13.4. The van der Waals surface area contributed by atoms with E-state index in [0.29, 0.717) is 0 Å². The van der Waals surface area contributed by atoms with Crippen molar-refractivity contribution in [1.82, 2.24) is 4.57 Å². The van der Waals surface area contributed by atoms with Gasteiger partial charge in [0.15, 0.2) is 6.10 Å². The second kappa shape index (κ2) is 7.15. The van der Waals surface area contributed by atoms with Crippen LogP contribution in [0.5, 0.6) is 0 Å². The Labute approximate surface area is 163 Å². The summed E-state index contributed by atoms with van der Waals surface area (Å²) in [6.07, 6.45) is 3.85. The number of benzene rings is 1. The Morgan fingerprint density at radius 1 is 1.21 bits per heavy atom. The molecule has 7 nitrogen and oxygen atoms in total. The first-order valence-corrected chi connectivity index (χ1v) is 9.95. The second-order valence-electron chi connectivity index (χ2n) is 7.86. The molecule has 0 bridgehead atoms. The third-order valence-electron chi connectivity index (χ3n) is 5.94. The molecule has 1 unspecified atom stereocenters. The van der Waals surface area contributed by atoms with Crippen LogP contribution in [0.2, 0.25) is 0 Å². The highest BCUT2D eigenvalue weighted by Crippen LogP contribution is 2.45. The fourth-order valence-electron chi connectivity index (χ4n) is 4.35. The fourth-order valence-corrected chi connectivity index (χ4v) is 4.35. The highest BCUT2D eigenvalue weighted by atomic mass is 16.7. The number of para-hydroxylation sites is 1. The Bertz CT molecular complexity index is 879. The minimum Gasteiger partial charge on any atom is -0.451 e. The number of nitrogens with zero attached hydrogens (tertiary/aromatic N) is 1. The third kappa shape index (κ3) is 2.85. The number of aryl methyl sites for hydroxylation is 1. The molecular formula is C21H27NO6. The Morgan fingerprint density at radius 2 is 2.00 bits per heavy atom. The maximum Gasteiger partial charge on any atom is 0.344 e. The minimum atomic E-state index is -2.27. The number of carbonyl (C=O) groups excluding carboxylic acids is 1. The van der Waals surface area contributed by atoms with Crippen molar-refractivity contribution in [2.24, 2.45) is 0 Å². The van der Waals surface area contributed by atoms with Crippen molar-refractivity contribution < 1.29 is 29.6 Å². The van der Waals surface area contributed by atoms with Crippen molar-refractivity contribution in [3.63, 3.8) is 0 Å². The van der Waals surface area contributed by atoms with Crippen molar-refractivity contribution in [3.8, 4) is 0 Å². The van der Waals surface area contributed by atoms with Crippen LogP contribution in [0.1, 0.15) is 38.2 Å². The molecule has 2 saturated heterocycles. The van der Waals surface area contributed by atoms with Crippen LogP contribution in [0.4, 0.5) is 0 Å². The largest absolute Gasteiger partial charge is 0.451 e. The summed E-state index contributed by atoms with van der Waals surface area (Å²) in [7, 11) is 0. The Hall–Kier alpha value is -1.93. The molecule has 0 radical (unpaired) electrons. The number of unbranched alkanes of at least 4 members (excludes halogenated alkanes) is 3. The van der Waals surface area contributed by atoms with Gasteiger partial charge in [-0.25, -0.2) is 4.79 Å².